The fourth-order valence-electron chi connectivity index (χ4n) is 3.48. The number of nitrogens with one attached hydrogen (secondary N) is 1. The highest BCUT2D eigenvalue weighted by Crippen LogP contribution is 2.25. The smallest absolute Gasteiger partial charge is 0.137 e. The third-order valence-electron chi connectivity index (χ3n) is 5.59. The quantitative estimate of drug-likeness (QED) is 0.401. The first-order chi connectivity index (χ1) is 12.2. The van der Waals surface area contributed by atoms with Crippen LogP contribution >= 0.6 is 0 Å². The highest BCUT2D eigenvalue weighted by Gasteiger charge is 2.20. The number of H-pyrrole nitrogens is 1. The van der Waals surface area contributed by atoms with E-state index in [0.717, 1.165) is 43.0 Å². The molecule has 3 rings (SSSR count). The van der Waals surface area contributed by atoms with Crippen molar-refractivity contribution in [1.29, 1.82) is 0 Å². The van der Waals surface area contributed by atoms with Crippen LogP contribution in [0.1, 0.15) is 20.8 Å². The van der Waals surface area contributed by atoms with Crippen LogP contribution in [0.25, 0.3) is 22.0 Å². The molecule has 0 saturated carbocycles. The molecule has 1 N–H and O–H groups in total. The summed E-state index contributed by atoms with van der Waals surface area (Å²) < 4.78 is 7.11. The average molecular weight is 464 g/mol. The minimum Gasteiger partial charge on any atom is -1.00 e. The van der Waals surface area contributed by atoms with Gasteiger partial charge < -0.3 is 38.2 Å². The Morgan fingerprint density at radius 2 is 1.50 bits per heavy atom. The van der Waals surface area contributed by atoms with Crippen molar-refractivity contribution in [2.75, 3.05) is 32.8 Å². The van der Waals surface area contributed by atoms with Crippen LogP contribution in [0.15, 0.2) is 54.7 Å². The van der Waals surface area contributed by atoms with Crippen LogP contribution in [0.5, 0.6) is 5.75 Å². The minimum absolute atomic E-state index is 0. The number of nitrogens with zero attached hydrogens (tertiary/aromatic N) is 1. The summed E-state index contributed by atoms with van der Waals surface area (Å²) in [6, 6.07) is 17.1. The second-order valence-electron chi connectivity index (χ2n) is 6.67. The third kappa shape index (κ3) is 4.60. The molecule has 0 atom stereocenters. The summed E-state index contributed by atoms with van der Waals surface area (Å²) >= 11 is 0. The lowest BCUT2D eigenvalue weighted by Crippen LogP contribution is -3.00. The second-order valence-corrected chi connectivity index (χ2v) is 6.67. The van der Waals surface area contributed by atoms with Gasteiger partial charge in [-0.15, -0.1) is 0 Å². The monoisotopic (exact) mass is 464 g/mol. The molecule has 0 aliphatic heterocycles. The van der Waals surface area contributed by atoms with Gasteiger partial charge in [0.15, 0.2) is 0 Å². The van der Waals surface area contributed by atoms with E-state index in [4.69, 9.17) is 4.74 Å². The maximum atomic E-state index is 6.00. The van der Waals surface area contributed by atoms with E-state index in [1.165, 1.54) is 22.0 Å². The number of likely N-dealkylation sites (N-methyl/N-ethyl adjacent to an activating group) is 1. The molecule has 0 radical (unpaired) electrons. The number of benzene rings is 2. The van der Waals surface area contributed by atoms with E-state index in [1.807, 2.05) is 6.20 Å². The second kappa shape index (κ2) is 9.42. The Morgan fingerprint density at radius 3 is 2.15 bits per heavy atom. The molecule has 0 unspecified atom stereocenters. The first kappa shape index (κ1) is 20.8. The maximum Gasteiger partial charge on any atom is 0.137 e. The molecule has 1 heterocycles. The number of aromatic nitrogens is 1. The van der Waals surface area contributed by atoms with Crippen LogP contribution in [-0.4, -0.2) is 42.3 Å². The van der Waals surface area contributed by atoms with Gasteiger partial charge in [-0.1, -0.05) is 18.2 Å². The number of hydrogen-bond donors (Lipinski definition) is 1. The number of quaternary nitrogens is 1. The number of aromatic amines is 1. The Morgan fingerprint density at radius 1 is 0.846 bits per heavy atom. The summed E-state index contributed by atoms with van der Waals surface area (Å²) in [6.45, 7) is 12.1. The van der Waals surface area contributed by atoms with Crippen molar-refractivity contribution in [2.24, 2.45) is 0 Å². The van der Waals surface area contributed by atoms with Gasteiger partial charge in [0.2, 0.25) is 0 Å². The fraction of sp³-hybridized carbons (Fsp3) is 0.364. The summed E-state index contributed by atoms with van der Waals surface area (Å²) in [7, 11) is 0. The van der Waals surface area contributed by atoms with Gasteiger partial charge >= 0.3 is 0 Å². The maximum absolute atomic E-state index is 6.00. The van der Waals surface area contributed by atoms with Crippen molar-refractivity contribution in [2.45, 2.75) is 20.8 Å². The van der Waals surface area contributed by atoms with Crippen molar-refractivity contribution in [3.63, 3.8) is 0 Å². The lowest BCUT2D eigenvalue weighted by Gasteiger charge is -2.35. The Kier molecular flexibility index (Phi) is 7.53. The molecule has 140 valence electrons. The highest BCUT2D eigenvalue weighted by atomic mass is 127. The minimum atomic E-state index is 0. The summed E-state index contributed by atoms with van der Waals surface area (Å²) in [4.78, 5) is 3.24. The third-order valence-corrected chi connectivity index (χ3v) is 5.59. The van der Waals surface area contributed by atoms with Crippen LogP contribution in [-0.2, 0) is 0 Å². The SMILES string of the molecule is CC[N+](CC)(CC)CCOc1ccc(-c2ccc3[nH]ccc3c2)cc1.[I-]. The molecule has 0 aliphatic carbocycles. The zero-order valence-electron chi connectivity index (χ0n) is 16.0. The Hall–Kier alpha value is -1.53. The van der Waals surface area contributed by atoms with Crippen LogP contribution < -0.4 is 28.7 Å². The number of hydrogen-bond acceptors (Lipinski definition) is 1. The number of ether oxygens (including phenoxy) is 1. The molecule has 0 bridgehead atoms. The van der Waals surface area contributed by atoms with E-state index in [2.05, 4.69) is 74.3 Å². The summed E-state index contributed by atoms with van der Waals surface area (Å²) in [5, 5.41) is 1.24. The molecular formula is C22H29IN2O. The highest BCUT2D eigenvalue weighted by molar-refractivity contribution is 5.85. The summed E-state index contributed by atoms with van der Waals surface area (Å²) in [6.07, 6.45) is 1.98. The van der Waals surface area contributed by atoms with Crippen molar-refractivity contribution in [3.8, 4) is 16.9 Å². The summed E-state index contributed by atoms with van der Waals surface area (Å²) in [5.41, 5.74) is 3.63. The standard InChI is InChI=1S/C22H29N2O.HI/c1-4-24(5-2,6-3)15-16-25-21-10-7-18(8-11-21)19-9-12-22-20(17-19)13-14-23-22;/h7-14,17,23H,4-6,15-16H2,1-3H3;1H/q+1;/p-1. The lowest BCUT2D eigenvalue weighted by molar-refractivity contribution is -0.923. The molecule has 26 heavy (non-hydrogen) atoms. The molecule has 0 amide bonds. The lowest BCUT2D eigenvalue weighted by atomic mass is 10.0. The fourth-order valence-corrected chi connectivity index (χ4v) is 3.48. The predicted molar refractivity (Wildman–Crippen MR) is 106 cm³/mol. The molecular weight excluding hydrogens is 435 g/mol. The molecule has 0 aliphatic rings. The summed E-state index contributed by atoms with van der Waals surface area (Å²) in [5.74, 6) is 0.952. The van der Waals surface area contributed by atoms with Gasteiger partial charge in [-0.2, -0.15) is 0 Å². The molecule has 0 spiro atoms. The number of rotatable bonds is 8. The Bertz CT molecular complexity index is 798. The van der Waals surface area contributed by atoms with E-state index in [9.17, 15) is 0 Å². The van der Waals surface area contributed by atoms with Gasteiger partial charge in [0.25, 0.3) is 0 Å². The van der Waals surface area contributed by atoms with E-state index in [-0.39, 0.29) is 24.0 Å². The van der Waals surface area contributed by atoms with E-state index >= 15 is 0 Å². The van der Waals surface area contributed by atoms with Crippen LogP contribution in [0.3, 0.4) is 0 Å². The average Bonchev–Trinajstić information content (AvgIpc) is 3.14. The topological polar surface area (TPSA) is 25.0 Å². The van der Waals surface area contributed by atoms with Crippen molar-refractivity contribution in [3.05, 3.63) is 54.7 Å². The van der Waals surface area contributed by atoms with E-state index in [0.29, 0.717) is 0 Å². The van der Waals surface area contributed by atoms with Crippen molar-refractivity contribution in [1.82, 2.24) is 4.98 Å². The van der Waals surface area contributed by atoms with Gasteiger partial charge in [-0.25, -0.2) is 0 Å². The van der Waals surface area contributed by atoms with Crippen LogP contribution in [0.4, 0.5) is 0 Å². The largest absolute Gasteiger partial charge is 1.00 e. The predicted octanol–water partition coefficient (Wildman–Crippen LogP) is 2.09. The normalized spacial score (nSPS) is 11.3. The number of halogens is 1. The van der Waals surface area contributed by atoms with Gasteiger partial charge in [0.05, 0.1) is 19.6 Å². The van der Waals surface area contributed by atoms with Gasteiger partial charge in [-0.05, 0) is 67.6 Å². The van der Waals surface area contributed by atoms with Crippen LogP contribution in [0, 0.1) is 0 Å². The molecule has 4 heteroatoms. The zero-order chi connectivity index (χ0) is 17.7. The molecule has 1 aromatic heterocycles. The molecule has 0 saturated heterocycles. The van der Waals surface area contributed by atoms with E-state index in [1.54, 1.807) is 0 Å². The van der Waals surface area contributed by atoms with Crippen molar-refractivity contribution >= 4 is 10.9 Å². The number of fused-ring (bicyclic) bond motifs is 1. The van der Waals surface area contributed by atoms with Crippen LogP contribution in [0.2, 0.25) is 0 Å². The first-order valence-corrected chi connectivity index (χ1v) is 9.35. The Labute approximate surface area is 174 Å². The molecule has 3 nitrogen and oxygen atoms in total. The molecule has 0 fully saturated rings. The van der Waals surface area contributed by atoms with Gasteiger partial charge in [0.1, 0.15) is 18.9 Å². The Balaban J connectivity index is 0.00000243. The first-order valence-electron chi connectivity index (χ1n) is 9.35. The van der Waals surface area contributed by atoms with Gasteiger partial charge in [0, 0.05) is 11.7 Å². The molecule has 2 aromatic carbocycles. The van der Waals surface area contributed by atoms with E-state index < -0.39 is 0 Å². The van der Waals surface area contributed by atoms with Gasteiger partial charge in [-0.3, -0.25) is 0 Å². The zero-order valence-corrected chi connectivity index (χ0v) is 18.1. The molecule has 3 aromatic rings. The van der Waals surface area contributed by atoms with Crippen molar-refractivity contribution < 1.29 is 33.2 Å².